The minimum absolute atomic E-state index is 0.00736. The summed E-state index contributed by atoms with van der Waals surface area (Å²) >= 11 is 0. The normalized spacial score (nSPS) is 12.2. The number of carboxylic acids is 1. The number of carbonyl (C=O) groups is 1. The number of hydrogen-bond acceptors (Lipinski definition) is 4. The lowest BCUT2D eigenvalue weighted by Crippen LogP contribution is -2.31. The number of nitrogens with zero attached hydrogens (tertiary/aromatic N) is 3. The number of anilines is 1. The molecular weight excluding hydrogens is 206 g/mol. The fourth-order valence-corrected chi connectivity index (χ4v) is 1.56. The van der Waals surface area contributed by atoms with E-state index >= 15 is 0 Å². The van der Waals surface area contributed by atoms with Gasteiger partial charge >= 0.3 is 5.97 Å². The highest BCUT2D eigenvalue weighted by Crippen LogP contribution is 2.17. The van der Waals surface area contributed by atoms with Crippen molar-refractivity contribution in [2.24, 2.45) is 0 Å². The predicted octanol–water partition coefficient (Wildman–Crippen LogP) is 1.80. The maximum absolute atomic E-state index is 11.0. The Bertz CT molecular complexity index is 368. The number of aromatic nitrogens is 2. The molecule has 0 saturated carbocycles. The third kappa shape index (κ3) is 2.68. The summed E-state index contributed by atoms with van der Waals surface area (Å²) in [7, 11) is 1.84. The molecule has 1 aromatic rings. The van der Waals surface area contributed by atoms with Gasteiger partial charge in [-0.25, -0.2) is 14.8 Å². The molecule has 0 radical (unpaired) electrons. The van der Waals surface area contributed by atoms with Crippen molar-refractivity contribution in [1.82, 2.24) is 9.97 Å². The molecule has 1 atom stereocenters. The zero-order chi connectivity index (χ0) is 12.1. The van der Waals surface area contributed by atoms with Crippen molar-refractivity contribution >= 4 is 11.8 Å². The second-order valence-corrected chi connectivity index (χ2v) is 3.78. The number of rotatable bonds is 5. The van der Waals surface area contributed by atoms with Crippen molar-refractivity contribution in [2.75, 3.05) is 11.9 Å². The molecule has 0 spiro atoms. The zero-order valence-electron chi connectivity index (χ0n) is 9.84. The summed E-state index contributed by atoms with van der Waals surface area (Å²) in [6.07, 6.45) is 4.95. The number of carboxylic acid groups (broad SMARTS) is 1. The topological polar surface area (TPSA) is 66.3 Å². The molecule has 0 fully saturated rings. The fraction of sp³-hybridized carbons (Fsp3) is 0.545. The van der Waals surface area contributed by atoms with E-state index in [9.17, 15) is 4.79 Å². The van der Waals surface area contributed by atoms with Gasteiger partial charge in [-0.2, -0.15) is 0 Å². The molecule has 0 aliphatic carbocycles. The van der Waals surface area contributed by atoms with Crippen LogP contribution in [0.25, 0.3) is 0 Å². The van der Waals surface area contributed by atoms with Gasteiger partial charge in [0.25, 0.3) is 0 Å². The van der Waals surface area contributed by atoms with Crippen LogP contribution in [0.5, 0.6) is 0 Å². The summed E-state index contributed by atoms with van der Waals surface area (Å²) in [5, 5.41) is 9.00. The highest BCUT2D eigenvalue weighted by atomic mass is 16.4. The standard InChI is InChI=1S/C11H17N3O2/c1-4-5-8(2)14(3)10-9(11(15)16)12-6-7-13-10/h6-8H,4-5H2,1-3H3,(H,15,16). The molecule has 88 valence electrons. The quantitative estimate of drug-likeness (QED) is 0.824. The summed E-state index contributed by atoms with van der Waals surface area (Å²) in [6.45, 7) is 4.14. The molecule has 5 heteroatoms. The van der Waals surface area contributed by atoms with Gasteiger partial charge < -0.3 is 10.0 Å². The van der Waals surface area contributed by atoms with Gasteiger partial charge in [0.15, 0.2) is 11.5 Å². The van der Waals surface area contributed by atoms with Crippen LogP contribution in [0.3, 0.4) is 0 Å². The van der Waals surface area contributed by atoms with E-state index in [2.05, 4.69) is 16.9 Å². The van der Waals surface area contributed by atoms with Crippen molar-refractivity contribution in [1.29, 1.82) is 0 Å². The Labute approximate surface area is 95.1 Å². The monoisotopic (exact) mass is 223 g/mol. The predicted molar refractivity (Wildman–Crippen MR) is 61.8 cm³/mol. The molecule has 1 aromatic heterocycles. The van der Waals surface area contributed by atoms with Gasteiger partial charge in [0.1, 0.15) is 0 Å². The maximum atomic E-state index is 11.0. The fourth-order valence-electron chi connectivity index (χ4n) is 1.56. The second kappa shape index (κ2) is 5.44. The lowest BCUT2D eigenvalue weighted by Gasteiger charge is -2.26. The smallest absolute Gasteiger partial charge is 0.358 e. The summed E-state index contributed by atoms with van der Waals surface area (Å²) in [5.41, 5.74) is 0.00736. The Kier molecular flexibility index (Phi) is 4.22. The highest BCUT2D eigenvalue weighted by molar-refractivity contribution is 5.90. The zero-order valence-corrected chi connectivity index (χ0v) is 9.84. The molecule has 1 heterocycles. The third-order valence-corrected chi connectivity index (χ3v) is 2.58. The van der Waals surface area contributed by atoms with Crippen LogP contribution in [-0.4, -0.2) is 34.1 Å². The van der Waals surface area contributed by atoms with E-state index in [1.165, 1.54) is 12.4 Å². The van der Waals surface area contributed by atoms with E-state index < -0.39 is 5.97 Å². The van der Waals surface area contributed by atoms with Gasteiger partial charge in [0, 0.05) is 25.5 Å². The van der Waals surface area contributed by atoms with E-state index in [0.29, 0.717) is 5.82 Å². The van der Waals surface area contributed by atoms with E-state index in [-0.39, 0.29) is 11.7 Å². The average molecular weight is 223 g/mol. The minimum atomic E-state index is -1.04. The second-order valence-electron chi connectivity index (χ2n) is 3.78. The first-order valence-electron chi connectivity index (χ1n) is 5.35. The SMILES string of the molecule is CCCC(C)N(C)c1nccnc1C(=O)O. The van der Waals surface area contributed by atoms with E-state index in [1.807, 2.05) is 18.9 Å². The average Bonchev–Trinajstić information content (AvgIpc) is 2.28. The largest absolute Gasteiger partial charge is 0.476 e. The summed E-state index contributed by atoms with van der Waals surface area (Å²) in [6, 6.07) is 0.250. The molecular formula is C11H17N3O2. The lowest BCUT2D eigenvalue weighted by atomic mass is 10.1. The molecule has 16 heavy (non-hydrogen) atoms. The van der Waals surface area contributed by atoms with Gasteiger partial charge in [0.2, 0.25) is 0 Å². The van der Waals surface area contributed by atoms with Crippen LogP contribution in [0.1, 0.15) is 37.2 Å². The molecule has 0 aromatic carbocycles. The van der Waals surface area contributed by atoms with Gasteiger partial charge in [-0.05, 0) is 13.3 Å². The Morgan fingerprint density at radius 3 is 2.69 bits per heavy atom. The van der Waals surface area contributed by atoms with Crippen LogP contribution in [0.2, 0.25) is 0 Å². The maximum Gasteiger partial charge on any atom is 0.358 e. The molecule has 5 nitrogen and oxygen atoms in total. The molecule has 0 saturated heterocycles. The van der Waals surface area contributed by atoms with Crippen LogP contribution < -0.4 is 4.90 Å². The number of hydrogen-bond donors (Lipinski definition) is 1. The van der Waals surface area contributed by atoms with E-state index in [1.54, 1.807) is 0 Å². The molecule has 0 amide bonds. The van der Waals surface area contributed by atoms with Crippen molar-refractivity contribution < 1.29 is 9.90 Å². The first-order chi connectivity index (χ1) is 7.57. The lowest BCUT2D eigenvalue weighted by molar-refractivity contribution is 0.0690. The van der Waals surface area contributed by atoms with Crippen LogP contribution in [-0.2, 0) is 0 Å². The molecule has 1 unspecified atom stereocenters. The Balaban J connectivity index is 2.98. The Morgan fingerprint density at radius 1 is 1.50 bits per heavy atom. The van der Waals surface area contributed by atoms with Crippen LogP contribution >= 0.6 is 0 Å². The molecule has 1 rings (SSSR count). The van der Waals surface area contributed by atoms with E-state index in [4.69, 9.17) is 5.11 Å². The first kappa shape index (κ1) is 12.4. The summed E-state index contributed by atoms with van der Waals surface area (Å²) in [5.74, 6) is -0.616. The van der Waals surface area contributed by atoms with Crippen LogP contribution in [0, 0.1) is 0 Å². The first-order valence-corrected chi connectivity index (χ1v) is 5.35. The van der Waals surface area contributed by atoms with Gasteiger partial charge in [-0.3, -0.25) is 0 Å². The number of aromatic carboxylic acids is 1. The third-order valence-electron chi connectivity index (χ3n) is 2.58. The van der Waals surface area contributed by atoms with Gasteiger partial charge in [-0.1, -0.05) is 13.3 Å². The Hall–Kier alpha value is -1.65. The summed E-state index contributed by atoms with van der Waals surface area (Å²) < 4.78 is 0. The van der Waals surface area contributed by atoms with Crippen LogP contribution in [0.15, 0.2) is 12.4 Å². The molecule has 1 N–H and O–H groups in total. The highest BCUT2D eigenvalue weighted by Gasteiger charge is 2.19. The van der Waals surface area contributed by atoms with E-state index in [0.717, 1.165) is 12.8 Å². The van der Waals surface area contributed by atoms with Crippen molar-refractivity contribution in [2.45, 2.75) is 32.7 Å². The van der Waals surface area contributed by atoms with Gasteiger partial charge in [0.05, 0.1) is 0 Å². The molecule has 0 bridgehead atoms. The van der Waals surface area contributed by atoms with Crippen molar-refractivity contribution in [3.63, 3.8) is 0 Å². The molecule has 0 aliphatic heterocycles. The molecule has 0 aliphatic rings. The Morgan fingerprint density at radius 2 is 2.12 bits per heavy atom. The summed E-state index contributed by atoms with van der Waals surface area (Å²) in [4.78, 5) is 20.8. The van der Waals surface area contributed by atoms with Crippen LogP contribution in [0.4, 0.5) is 5.82 Å². The minimum Gasteiger partial charge on any atom is -0.476 e. The van der Waals surface area contributed by atoms with Crippen molar-refractivity contribution in [3.05, 3.63) is 18.1 Å². The van der Waals surface area contributed by atoms with Gasteiger partial charge in [-0.15, -0.1) is 0 Å². The van der Waals surface area contributed by atoms with Crippen molar-refractivity contribution in [3.8, 4) is 0 Å².